The van der Waals surface area contributed by atoms with Crippen LogP contribution in [0.15, 0.2) is 72.8 Å². The number of rotatable bonds is 9. The van der Waals surface area contributed by atoms with Gasteiger partial charge in [0.15, 0.2) is 0 Å². The molecule has 2 N–H and O–H groups in total. The second kappa shape index (κ2) is 9.71. The average molecular weight is 440 g/mol. The van der Waals surface area contributed by atoms with Gasteiger partial charge < -0.3 is 19.3 Å². The monoisotopic (exact) mass is 440 g/mol. The molecule has 3 rings (SSSR count). The minimum absolute atomic E-state index is 0.154. The van der Waals surface area contributed by atoms with E-state index in [4.69, 9.17) is 9.05 Å². The van der Waals surface area contributed by atoms with Crippen molar-refractivity contribution < 1.29 is 33.4 Å². The Kier molecular flexibility index (Phi) is 7.02. The van der Waals surface area contributed by atoms with Gasteiger partial charge in [-0.1, -0.05) is 66.7 Å². The summed E-state index contributed by atoms with van der Waals surface area (Å²) in [6.07, 6.45) is 0. The number of carboxylic acids is 2. The summed E-state index contributed by atoms with van der Waals surface area (Å²) in [5.41, 5.74) is 0.760. The van der Waals surface area contributed by atoms with Crippen LogP contribution in [-0.4, -0.2) is 22.2 Å². The number of carboxylic acid groups (broad SMARTS) is 2. The Bertz CT molecular complexity index is 1080. The Labute approximate surface area is 179 Å². The van der Waals surface area contributed by atoms with E-state index in [1.54, 1.807) is 60.7 Å². The molecule has 3 aromatic rings. The molecule has 7 nitrogen and oxygen atoms in total. The van der Waals surface area contributed by atoms with E-state index in [0.717, 1.165) is 0 Å². The summed E-state index contributed by atoms with van der Waals surface area (Å²) in [6.45, 7) is 1.19. The van der Waals surface area contributed by atoms with E-state index < -0.39 is 36.0 Å². The number of hydrogen-bond donors (Lipinski definition) is 2. The fourth-order valence-corrected chi connectivity index (χ4v) is 5.03. The fraction of sp³-hybridized carbons (Fsp3) is 0.130. The third-order valence-electron chi connectivity index (χ3n) is 4.59. The summed E-state index contributed by atoms with van der Waals surface area (Å²) in [4.78, 5) is 23.9. The Morgan fingerprint density at radius 3 is 1.68 bits per heavy atom. The number of aryl methyl sites for hydroxylation is 1. The van der Waals surface area contributed by atoms with Gasteiger partial charge in [-0.15, -0.1) is 0 Å². The molecule has 0 unspecified atom stereocenters. The molecule has 0 spiro atoms. The highest BCUT2D eigenvalue weighted by Gasteiger charge is 2.38. The van der Waals surface area contributed by atoms with E-state index >= 15 is 0 Å². The van der Waals surface area contributed by atoms with Crippen molar-refractivity contribution in [2.45, 2.75) is 20.1 Å². The molecule has 0 bridgehead atoms. The highest BCUT2D eigenvalue weighted by Crippen LogP contribution is 2.51. The minimum Gasteiger partial charge on any atom is -0.478 e. The highest BCUT2D eigenvalue weighted by atomic mass is 31.2. The van der Waals surface area contributed by atoms with E-state index in [2.05, 4.69) is 0 Å². The van der Waals surface area contributed by atoms with Crippen LogP contribution in [0, 0.1) is 6.92 Å². The normalized spacial score (nSPS) is 11.3. The Morgan fingerprint density at radius 2 is 1.26 bits per heavy atom. The highest BCUT2D eigenvalue weighted by molar-refractivity contribution is 7.62. The Hall–Kier alpha value is -3.25. The van der Waals surface area contributed by atoms with Crippen LogP contribution in [-0.2, 0) is 26.8 Å². The van der Waals surface area contributed by atoms with Gasteiger partial charge in [-0.05, 0) is 29.7 Å². The van der Waals surface area contributed by atoms with Crippen molar-refractivity contribution in [1.82, 2.24) is 0 Å². The van der Waals surface area contributed by atoms with Crippen LogP contribution in [0.4, 0.5) is 0 Å². The molecule has 0 fully saturated rings. The molecule has 0 radical (unpaired) electrons. The molecule has 31 heavy (non-hydrogen) atoms. The topological polar surface area (TPSA) is 110 Å². The first-order chi connectivity index (χ1) is 14.8. The van der Waals surface area contributed by atoms with E-state index in [0.29, 0.717) is 11.1 Å². The van der Waals surface area contributed by atoms with Gasteiger partial charge in [-0.2, -0.15) is 0 Å². The molecule has 0 amide bonds. The molecule has 8 heteroatoms. The molecule has 0 aliphatic carbocycles. The van der Waals surface area contributed by atoms with Crippen LogP contribution in [0.5, 0.6) is 0 Å². The van der Waals surface area contributed by atoms with Crippen molar-refractivity contribution in [1.29, 1.82) is 0 Å². The van der Waals surface area contributed by atoms with Gasteiger partial charge in [0.05, 0.1) is 29.6 Å². The summed E-state index contributed by atoms with van der Waals surface area (Å²) in [5.74, 6) is -2.84. The summed E-state index contributed by atoms with van der Waals surface area (Å²) in [5, 5.41) is 19.0. The second-order valence-electron chi connectivity index (χ2n) is 6.78. The van der Waals surface area contributed by atoms with Gasteiger partial charge in [0.2, 0.25) is 0 Å². The van der Waals surface area contributed by atoms with E-state index in [1.165, 1.54) is 19.1 Å². The van der Waals surface area contributed by atoms with Crippen molar-refractivity contribution in [2.75, 3.05) is 0 Å². The van der Waals surface area contributed by atoms with Gasteiger partial charge in [0, 0.05) is 0 Å². The summed E-state index contributed by atoms with van der Waals surface area (Å²) >= 11 is 0. The lowest BCUT2D eigenvalue weighted by Gasteiger charge is -2.23. The van der Waals surface area contributed by atoms with Gasteiger partial charge in [-0.25, -0.2) is 9.59 Å². The molecule has 0 saturated heterocycles. The number of hydrogen-bond acceptors (Lipinski definition) is 5. The van der Waals surface area contributed by atoms with Crippen LogP contribution in [0.1, 0.15) is 37.4 Å². The van der Waals surface area contributed by atoms with E-state index in [9.17, 15) is 24.4 Å². The van der Waals surface area contributed by atoms with Gasteiger partial charge in [0.25, 0.3) is 0 Å². The Morgan fingerprint density at radius 1 is 0.774 bits per heavy atom. The predicted octanol–water partition coefficient (Wildman–Crippen LogP) is 4.64. The van der Waals surface area contributed by atoms with Crippen molar-refractivity contribution in [3.05, 3.63) is 101 Å². The summed E-state index contributed by atoms with van der Waals surface area (Å²) in [7, 11) is -4.37. The van der Waals surface area contributed by atoms with E-state index in [-0.39, 0.29) is 18.8 Å². The SMILES string of the molecule is Cc1ccc(C(=O)O)c(P(=O)(OCc2ccccc2)OCc2ccccc2)c1C(=O)O. The van der Waals surface area contributed by atoms with Gasteiger partial charge >= 0.3 is 19.5 Å². The lowest BCUT2D eigenvalue weighted by atomic mass is 10.0. The van der Waals surface area contributed by atoms with Crippen molar-refractivity contribution in [2.24, 2.45) is 0 Å². The maximum atomic E-state index is 14.0. The largest absolute Gasteiger partial charge is 0.478 e. The lowest BCUT2D eigenvalue weighted by molar-refractivity contribution is 0.0695. The van der Waals surface area contributed by atoms with Crippen LogP contribution < -0.4 is 5.30 Å². The number of carbonyl (C=O) groups is 2. The van der Waals surface area contributed by atoms with Gasteiger partial charge in [0.1, 0.15) is 0 Å². The zero-order valence-electron chi connectivity index (χ0n) is 16.7. The molecule has 0 aromatic heterocycles. The molecule has 0 atom stereocenters. The molecule has 160 valence electrons. The van der Waals surface area contributed by atoms with Crippen LogP contribution in [0.3, 0.4) is 0 Å². The van der Waals surface area contributed by atoms with Gasteiger partial charge in [-0.3, -0.25) is 4.57 Å². The van der Waals surface area contributed by atoms with Crippen molar-refractivity contribution >= 4 is 24.8 Å². The lowest BCUT2D eigenvalue weighted by Crippen LogP contribution is -2.26. The number of benzene rings is 3. The minimum atomic E-state index is -4.37. The first-order valence-electron chi connectivity index (χ1n) is 9.39. The molecule has 0 aliphatic rings. The molecule has 0 aliphatic heterocycles. The second-order valence-corrected chi connectivity index (χ2v) is 8.74. The van der Waals surface area contributed by atoms with Crippen molar-refractivity contribution in [3.8, 4) is 0 Å². The molecule has 0 heterocycles. The zero-order valence-corrected chi connectivity index (χ0v) is 17.6. The Balaban J connectivity index is 2.10. The van der Waals surface area contributed by atoms with Crippen LogP contribution in [0.25, 0.3) is 0 Å². The zero-order chi connectivity index (χ0) is 22.4. The molecule has 3 aromatic carbocycles. The smallest absolute Gasteiger partial charge is 0.363 e. The molecular formula is C23H21O7P. The molecule has 0 saturated carbocycles. The third kappa shape index (κ3) is 5.27. The average Bonchev–Trinajstić information content (AvgIpc) is 2.77. The molecular weight excluding hydrogens is 419 g/mol. The standard InChI is InChI=1S/C23H21O7P/c1-16-12-13-19(22(24)25)21(20(16)23(26)27)31(28,29-14-17-8-4-2-5-9-17)30-15-18-10-6-3-7-11-18/h2-13H,14-15H2,1H3,(H,24,25)(H,26,27). The fourth-order valence-electron chi connectivity index (χ4n) is 3.05. The van der Waals surface area contributed by atoms with Crippen LogP contribution >= 0.6 is 7.60 Å². The summed E-state index contributed by atoms with van der Waals surface area (Å²) in [6, 6.07) is 20.2. The maximum Gasteiger partial charge on any atom is 0.363 e. The number of aromatic carboxylic acids is 2. The summed E-state index contributed by atoms with van der Waals surface area (Å²) < 4.78 is 25.3. The maximum absolute atomic E-state index is 14.0. The quantitative estimate of drug-likeness (QED) is 0.466. The first kappa shape index (κ1) is 22.4. The third-order valence-corrected chi connectivity index (χ3v) is 6.54. The van der Waals surface area contributed by atoms with Crippen LogP contribution in [0.2, 0.25) is 0 Å². The predicted molar refractivity (Wildman–Crippen MR) is 115 cm³/mol. The first-order valence-corrected chi connectivity index (χ1v) is 10.9. The van der Waals surface area contributed by atoms with Crippen molar-refractivity contribution in [3.63, 3.8) is 0 Å². The van der Waals surface area contributed by atoms with E-state index in [1.807, 2.05) is 0 Å².